The van der Waals surface area contributed by atoms with Gasteiger partial charge in [-0.1, -0.05) is 11.6 Å². The first kappa shape index (κ1) is 9.35. The summed E-state index contributed by atoms with van der Waals surface area (Å²) in [6.45, 7) is 2.62. The average molecular weight is 207 g/mol. The second kappa shape index (κ2) is 3.78. The summed E-state index contributed by atoms with van der Waals surface area (Å²) in [5.41, 5.74) is 6.06. The zero-order valence-corrected chi connectivity index (χ0v) is 7.95. The van der Waals surface area contributed by atoms with Gasteiger partial charge in [0, 0.05) is 6.54 Å². The first-order valence-corrected chi connectivity index (χ1v) is 4.13. The van der Waals surface area contributed by atoms with Crippen molar-refractivity contribution in [3.63, 3.8) is 0 Å². The van der Waals surface area contributed by atoms with Crippen molar-refractivity contribution in [3.05, 3.63) is 10.4 Å². The maximum atomic E-state index is 5.74. The fraction of sp³-hybridized carbons (Fsp3) is 0.333. The van der Waals surface area contributed by atoms with Crippen molar-refractivity contribution in [3.8, 4) is 0 Å². The van der Waals surface area contributed by atoms with E-state index in [9.17, 15) is 0 Å². The van der Waals surface area contributed by atoms with Gasteiger partial charge in [0.05, 0.1) is 0 Å². The average Bonchev–Trinajstić information content (AvgIpc) is 1.96. The molecule has 0 aliphatic carbocycles. The van der Waals surface area contributed by atoms with Crippen LogP contribution in [0.25, 0.3) is 0 Å². The highest BCUT2D eigenvalue weighted by atomic mass is 35.5. The molecule has 0 fully saturated rings. The number of nitrogen functional groups attached to an aromatic ring is 1. The molecule has 0 aliphatic rings. The fourth-order valence-corrected chi connectivity index (χ4v) is 1.23. The van der Waals surface area contributed by atoms with Crippen molar-refractivity contribution in [1.29, 1.82) is 0 Å². The Labute approximate surface area is 80.1 Å². The molecule has 0 radical (unpaired) electrons. The van der Waals surface area contributed by atoms with Crippen LogP contribution in [0.4, 0.5) is 11.5 Å². The molecule has 0 saturated heterocycles. The molecule has 66 valence electrons. The van der Waals surface area contributed by atoms with E-state index in [1.54, 1.807) is 0 Å². The topological polar surface area (TPSA) is 63.8 Å². The second-order valence-corrected chi connectivity index (χ2v) is 2.77. The number of anilines is 2. The van der Waals surface area contributed by atoms with Gasteiger partial charge < -0.3 is 11.1 Å². The van der Waals surface area contributed by atoms with Gasteiger partial charge in [-0.2, -0.15) is 4.98 Å². The molecule has 0 unspecified atom stereocenters. The summed E-state index contributed by atoms with van der Waals surface area (Å²) >= 11 is 11.2. The largest absolute Gasteiger partial charge is 0.382 e. The molecule has 0 amide bonds. The highest BCUT2D eigenvalue weighted by molar-refractivity contribution is 6.34. The van der Waals surface area contributed by atoms with Crippen molar-refractivity contribution in [1.82, 2.24) is 9.97 Å². The fourth-order valence-electron chi connectivity index (χ4n) is 0.763. The van der Waals surface area contributed by atoms with Crippen molar-refractivity contribution < 1.29 is 0 Å². The minimum Gasteiger partial charge on any atom is -0.382 e. The molecule has 0 aromatic carbocycles. The van der Waals surface area contributed by atoms with Crippen LogP contribution in [0.3, 0.4) is 0 Å². The van der Waals surface area contributed by atoms with Crippen LogP contribution in [-0.2, 0) is 0 Å². The quantitative estimate of drug-likeness (QED) is 0.573. The zero-order valence-electron chi connectivity index (χ0n) is 6.43. The van der Waals surface area contributed by atoms with E-state index in [-0.39, 0.29) is 16.3 Å². The number of aromatic nitrogens is 2. The standard InChI is InChI=1S/C6H8Cl2N4/c1-2-10-3-4(7)11-6(8)12-5(3)9/h10H,2H2,1H3,(H2,9,11,12). The number of nitrogens with two attached hydrogens (primary N) is 1. The van der Waals surface area contributed by atoms with Crippen LogP contribution in [0.2, 0.25) is 10.4 Å². The lowest BCUT2D eigenvalue weighted by molar-refractivity contribution is 1.14. The van der Waals surface area contributed by atoms with E-state index < -0.39 is 0 Å². The minimum absolute atomic E-state index is 0.0548. The normalized spacial score (nSPS) is 9.92. The van der Waals surface area contributed by atoms with Crippen LogP contribution in [0.5, 0.6) is 0 Å². The molecule has 1 aromatic rings. The first-order valence-electron chi connectivity index (χ1n) is 3.37. The van der Waals surface area contributed by atoms with Crippen LogP contribution in [0.1, 0.15) is 6.92 Å². The van der Waals surface area contributed by atoms with Crippen LogP contribution in [0.15, 0.2) is 0 Å². The highest BCUT2D eigenvalue weighted by Crippen LogP contribution is 2.25. The third-order valence-electron chi connectivity index (χ3n) is 1.22. The molecule has 1 heterocycles. The molecule has 0 atom stereocenters. The van der Waals surface area contributed by atoms with Crippen LogP contribution in [-0.4, -0.2) is 16.5 Å². The van der Waals surface area contributed by atoms with Gasteiger partial charge in [-0.25, -0.2) is 4.98 Å². The summed E-state index contributed by atoms with van der Waals surface area (Å²) in [4.78, 5) is 7.47. The van der Waals surface area contributed by atoms with Gasteiger partial charge in [0.15, 0.2) is 11.0 Å². The summed E-state index contributed by atoms with van der Waals surface area (Å²) in [5, 5.41) is 3.23. The summed E-state index contributed by atoms with van der Waals surface area (Å²) < 4.78 is 0. The second-order valence-electron chi connectivity index (χ2n) is 2.07. The number of halogens is 2. The van der Waals surface area contributed by atoms with Crippen LogP contribution < -0.4 is 11.1 Å². The van der Waals surface area contributed by atoms with Crippen molar-refractivity contribution in [2.45, 2.75) is 6.92 Å². The Morgan fingerprint density at radius 2 is 2.08 bits per heavy atom. The van der Waals surface area contributed by atoms with E-state index in [4.69, 9.17) is 28.9 Å². The summed E-state index contributed by atoms with van der Waals surface area (Å²) in [6, 6.07) is 0. The molecule has 4 nitrogen and oxygen atoms in total. The molecule has 3 N–H and O–H groups in total. The van der Waals surface area contributed by atoms with E-state index >= 15 is 0 Å². The number of rotatable bonds is 2. The Morgan fingerprint density at radius 3 is 2.58 bits per heavy atom. The van der Waals surface area contributed by atoms with E-state index in [2.05, 4.69) is 15.3 Å². The minimum atomic E-state index is 0.0548. The molecular weight excluding hydrogens is 199 g/mol. The molecule has 1 rings (SSSR count). The lowest BCUT2D eigenvalue weighted by Gasteiger charge is -2.07. The number of hydrogen-bond acceptors (Lipinski definition) is 4. The lowest BCUT2D eigenvalue weighted by atomic mass is 10.4. The Bertz CT molecular complexity index is 266. The number of nitrogens with one attached hydrogen (secondary N) is 1. The molecule has 0 aliphatic heterocycles. The van der Waals surface area contributed by atoms with Crippen molar-refractivity contribution in [2.24, 2.45) is 0 Å². The predicted molar refractivity (Wildman–Crippen MR) is 50.6 cm³/mol. The van der Waals surface area contributed by atoms with E-state index in [0.717, 1.165) is 0 Å². The lowest BCUT2D eigenvalue weighted by Crippen LogP contribution is -2.05. The van der Waals surface area contributed by atoms with Crippen LogP contribution >= 0.6 is 23.2 Å². The maximum absolute atomic E-state index is 5.74. The van der Waals surface area contributed by atoms with Gasteiger partial charge in [-0.05, 0) is 18.5 Å². The van der Waals surface area contributed by atoms with Gasteiger partial charge in [0.1, 0.15) is 5.69 Å². The number of nitrogens with zero attached hydrogens (tertiary/aromatic N) is 2. The third kappa shape index (κ3) is 1.89. The SMILES string of the molecule is CCNc1c(N)nc(Cl)nc1Cl. The molecule has 0 saturated carbocycles. The molecule has 0 bridgehead atoms. The van der Waals surface area contributed by atoms with Gasteiger partial charge in [0.2, 0.25) is 5.28 Å². The number of hydrogen-bond donors (Lipinski definition) is 2. The van der Waals surface area contributed by atoms with Gasteiger partial charge >= 0.3 is 0 Å². The Morgan fingerprint density at radius 1 is 1.42 bits per heavy atom. The van der Waals surface area contributed by atoms with Gasteiger partial charge in [-0.15, -0.1) is 0 Å². The Balaban J connectivity index is 3.10. The monoisotopic (exact) mass is 206 g/mol. The highest BCUT2D eigenvalue weighted by Gasteiger charge is 2.07. The van der Waals surface area contributed by atoms with Crippen molar-refractivity contribution in [2.75, 3.05) is 17.6 Å². The van der Waals surface area contributed by atoms with E-state index in [1.807, 2.05) is 6.92 Å². The molecular formula is C6H8Cl2N4. The van der Waals surface area contributed by atoms with E-state index in [0.29, 0.717) is 12.2 Å². The predicted octanol–water partition coefficient (Wildman–Crippen LogP) is 1.80. The molecule has 1 aromatic heterocycles. The summed E-state index contributed by atoms with van der Waals surface area (Å²) in [6.07, 6.45) is 0. The van der Waals surface area contributed by atoms with Crippen molar-refractivity contribution >= 4 is 34.7 Å². The zero-order chi connectivity index (χ0) is 9.14. The smallest absolute Gasteiger partial charge is 0.225 e. The Hall–Kier alpha value is -0.740. The molecule has 6 heteroatoms. The molecule has 0 spiro atoms. The maximum Gasteiger partial charge on any atom is 0.225 e. The van der Waals surface area contributed by atoms with Gasteiger partial charge in [0.25, 0.3) is 0 Å². The summed E-state index contributed by atoms with van der Waals surface area (Å²) in [5.74, 6) is 0.266. The van der Waals surface area contributed by atoms with E-state index in [1.165, 1.54) is 0 Å². The Kier molecular flexibility index (Phi) is 2.94. The molecule has 12 heavy (non-hydrogen) atoms. The van der Waals surface area contributed by atoms with Gasteiger partial charge in [-0.3, -0.25) is 0 Å². The summed E-state index contributed by atoms with van der Waals surface area (Å²) in [7, 11) is 0. The third-order valence-corrected chi connectivity index (χ3v) is 1.66. The van der Waals surface area contributed by atoms with Crippen LogP contribution in [0, 0.1) is 0 Å². The first-order chi connectivity index (χ1) is 5.65.